The number of halogens is 2. The fraction of sp³-hybridized carbons (Fsp3) is 0.0714. The molecule has 0 unspecified atom stereocenters. The first-order valence-corrected chi connectivity index (χ1v) is 6.92. The zero-order valence-electron chi connectivity index (χ0n) is 10.6. The van der Waals surface area contributed by atoms with Gasteiger partial charge >= 0.3 is 0 Å². The number of para-hydroxylation sites is 1. The molecule has 0 spiro atoms. The lowest BCUT2D eigenvalue weighted by molar-refractivity contribution is 0.417. The van der Waals surface area contributed by atoms with Crippen LogP contribution in [0.1, 0.15) is 0 Å². The van der Waals surface area contributed by atoms with E-state index in [1.165, 1.54) is 0 Å². The summed E-state index contributed by atoms with van der Waals surface area (Å²) in [5.74, 6) is 0.651. The quantitative estimate of drug-likeness (QED) is 0.793. The van der Waals surface area contributed by atoms with Crippen LogP contribution in [0.4, 0.5) is 11.4 Å². The van der Waals surface area contributed by atoms with Crippen molar-refractivity contribution in [2.45, 2.75) is 0 Å². The number of nitrogens with one attached hydrogen (secondary N) is 2. The van der Waals surface area contributed by atoms with E-state index in [4.69, 9.17) is 40.2 Å². The van der Waals surface area contributed by atoms with Crippen LogP contribution in [-0.2, 0) is 0 Å². The second-order valence-corrected chi connectivity index (χ2v) is 5.16. The molecular weight excluding hydrogens is 315 g/mol. The molecule has 0 heterocycles. The topological polar surface area (TPSA) is 33.3 Å². The summed E-state index contributed by atoms with van der Waals surface area (Å²) in [4.78, 5) is 0. The molecule has 2 N–H and O–H groups in total. The minimum absolute atomic E-state index is 0.402. The molecule has 0 aliphatic heterocycles. The smallest absolute Gasteiger partial charge is 0.175 e. The van der Waals surface area contributed by atoms with Crippen molar-refractivity contribution in [3.63, 3.8) is 0 Å². The molecule has 0 saturated carbocycles. The Labute approximate surface area is 132 Å². The predicted molar refractivity (Wildman–Crippen MR) is 89.3 cm³/mol. The summed E-state index contributed by atoms with van der Waals surface area (Å²) in [5.41, 5.74) is 1.41. The first-order valence-electron chi connectivity index (χ1n) is 5.76. The van der Waals surface area contributed by atoms with Gasteiger partial charge in [0.25, 0.3) is 0 Å². The molecule has 0 fully saturated rings. The van der Waals surface area contributed by atoms with E-state index in [2.05, 4.69) is 10.6 Å². The van der Waals surface area contributed by atoms with Crippen LogP contribution in [0.15, 0.2) is 42.5 Å². The number of thiocarbonyl (C=S) groups is 1. The fourth-order valence-corrected chi connectivity index (χ4v) is 2.19. The summed E-state index contributed by atoms with van der Waals surface area (Å²) >= 11 is 17.3. The molecule has 2 aromatic rings. The molecule has 0 aliphatic rings. The van der Waals surface area contributed by atoms with Crippen molar-refractivity contribution >= 4 is 51.9 Å². The van der Waals surface area contributed by atoms with Gasteiger partial charge in [-0.3, -0.25) is 0 Å². The van der Waals surface area contributed by atoms with Crippen LogP contribution in [0.25, 0.3) is 0 Å². The molecule has 104 valence electrons. The Kier molecular flexibility index (Phi) is 5.06. The molecule has 0 amide bonds. The van der Waals surface area contributed by atoms with Crippen LogP contribution in [0, 0.1) is 0 Å². The maximum Gasteiger partial charge on any atom is 0.175 e. The third-order valence-corrected chi connectivity index (χ3v) is 3.30. The number of rotatable bonds is 3. The largest absolute Gasteiger partial charge is 0.495 e. The van der Waals surface area contributed by atoms with Crippen LogP contribution in [0.2, 0.25) is 10.0 Å². The normalized spacial score (nSPS) is 9.95. The SMILES string of the molecule is COc1ccc(Cl)cc1NC(=S)Nc1ccccc1Cl. The minimum atomic E-state index is 0.402. The molecule has 0 atom stereocenters. The molecule has 0 saturated heterocycles. The van der Waals surface area contributed by atoms with E-state index in [9.17, 15) is 0 Å². The number of anilines is 2. The third-order valence-electron chi connectivity index (χ3n) is 2.53. The van der Waals surface area contributed by atoms with Gasteiger partial charge in [0.2, 0.25) is 0 Å². The summed E-state index contributed by atoms with van der Waals surface area (Å²) in [7, 11) is 1.58. The number of hydrogen-bond donors (Lipinski definition) is 2. The van der Waals surface area contributed by atoms with E-state index in [0.29, 0.717) is 26.6 Å². The van der Waals surface area contributed by atoms with Gasteiger partial charge in [-0.1, -0.05) is 35.3 Å². The zero-order chi connectivity index (χ0) is 14.5. The van der Waals surface area contributed by atoms with E-state index in [1.54, 1.807) is 31.4 Å². The second kappa shape index (κ2) is 6.79. The standard InChI is InChI=1S/C14H12Cl2N2OS/c1-19-13-7-6-9(15)8-12(13)18-14(20)17-11-5-3-2-4-10(11)16/h2-8H,1H3,(H2,17,18,20). The van der Waals surface area contributed by atoms with Crippen LogP contribution in [-0.4, -0.2) is 12.2 Å². The molecule has 0 aliphatic carbocycles. The molecule has 20 heavy (non-hydrogen) atoms. The Hall–Kier alpha value is -1.49. The van der Waals surface area contributed by atoms with Gasteiger partial charge < -0.3 is 15.4 Å². The van der Waals surface area contributed by atoms with Gasteiger partial charge in [-0.25, -0.2) is 0 Å². The van der Waals surface area contributed by atoms with E-state index < -0.39 is 0 Å². The Morgan fingerprint density at radius 2 is 1.75 bits per heavy atom. The average molecular weight is 327 g/mol. The van der Waals surface area contributed by atoms with Crippen LogP contribution < -0.4 is 15.4 Å². The van der Waals surface area contributed by atoms with Crippen molar-refractivity contribution in [2.75, 3.05) is 17.7 Å². The number of hydrogen-bond acceptors (Lipinski definition) is 2. The van der Waals surface area contributed by atoms with Gasteiger partial charge in [-0.05, 0) is 42.5 Å². The summed E-state index contributed by atoms with van der Waals surface area (Å²) in [5, 5.41) is 7.63. The van der Waals surface area contributed by atoms with Crippen LogP contribution in [0.3, 0.4) is 0 Å². The Morgan fingerprint density at radius 3 is 2.45 bits per heavy atom. The number of methoxy groups -OCH3 is 1. The molecule has 0 bridgehead atoms. The summed E-state index contributed by atoms with van der Waals surface area (Å²) in [6.45, 7) is 0. The van der Waals surface area contributed by atoms with Crippen molar-refractivity contribution in [3.05, 3.63) is 52.5 Å². The highest BCUT2D eigenvalue weighted by molar-refractivity contribution is 7.80. The molecule has 6 heteroatoms. The first kappa shape index (κ1) is 14.9. The molecule has 2 rings (SSSR count). The Morgan fingerprint density at radius 1 is 1.05 bits per heavy atom. The van der Waals surface area contributed by atoms with Crippen molar-refractivity contribution in [3.8, 4) is 5.75 Å². The number of benzene rings is 2. The van der Waals surface area contributed by atoms with E-state index in [1.807, 2.05) is 18.2 Å². The lowest BCUT2D eigenvalue weighted by Gasteiger charge is -2.14. The summed E-state index contributed by atoms with van der Waals surface area (Å²) < 4.78 is 5.24. The Balaban J connectivity index is 2.12. The van der Waals surface area contributed by atoms with Crippen molar-refractivity contribution < 1.29 is 4.74 Å². The van der Waals surface area contributed by atoms with Crippen molar-refractivity contribution in [1.82, 2.24) is 0 Å². The maximum absolute atomic E-state index is 6.06. The second-order valence-electron chi connectivity index (χ2n) is 3.90. The van der Waals surface area contributed by atoms with Crippen LogP contribution in [0.5, 0.6) is 5.75 Å². The van der Waals surface area contributed by atoms with Crippen molar-refractivity contribution in [1.29, 1.82) is 0 Å². The number of ether oxygens (including phenoxy) is 1. The third kappa shape index (κ3) is 3.76. The fourth-order valence-electron chi connectivity index (χ4n) is 1.62. The van der Waals surface area contributed by atoms with Gasteiger partial charge in [0.15, 0.2) is 5.11 Å². The average Bonchev–Trinajstić information content (AvgIpc) is 2.41. The van der Waals surface area contributed by atoms with Gasteiger partial charge in [-0.15, -0.1) is 0 Å². The predicted octanol–water partition coefficient (Wildman–Crippen LogP) is 4.81. The van der Waals surface area contributed by atoms with Gasteiger partial charge in [-0.2, -0.15) is 0 Å². The maximum atomic E-state index is 6.06. The van der Waals surface area contributed by atoms with Gasteiger partial charge in [0, 0.05) is 5.02 Å². The monoisotopic (exact) mass is 326 g/mol. The zero-order valence-corrected chi connectivity index (χ0v) is 12.9. The van der Waals surface area contributed by atoms with E-state index in [0.717, 1.165) is 5.69 Å². The minimum Gasteiger partial charge on any atom is -0.495 e. The van der Waals surface area contributed by atoms with Crippen molar-refractivity contribution in [2.24, 2.45) is 0 Å². The molecule has 0 radical (unpaired) electrons. The highest BCUT2D eigenvalue weighted by atomic mass is 35.5. The first-order chi connectivity index (χ1) is 9.60. The van der Waals surface area contributed by atoms with Crippen LogP contribution >= 0.6 is 35.4 Å². The Bertz CT molecular complexity index is 634. The lowest BCUT2D eigenvalue weighted by atomic mass is 10.3. The van der Waals surface area contributed by atoms with E-state index in [-0.39, 0.29) is 0 Å². The highest BCUT2D eigenvalue weighted by Crippen LogP contribution is 2.28. The summed E-state index contributed by atoms with van der Waals surface area (Å²) in [6.07, 6.45) is 0. The van der Waals surface area contributed by atoms with Gasteiger partial charge in [0.05, 0.1) is 23.5 Å². The van der Waals surface area contributed by atoms with Gasteiger partial charge in [0.1, 0.15) is 5.75 Å². The lowest BCUT2D eigenvalue weighted by Crippen LogP contribution is -2.19. The molecule has 3 nitrogen and oxygen atoms in total. The molecule has 2 aromatic carbocycles. The molecular formula is C14H12Cl2N2OS. The summed E-state index contributed by atoms with van der Waals surface area (Å²) in [6, 6.07) is 12.6. The van der Waals surface area contributed by atoms with E-state index >= 15 is 0 Å². The highest BCUT2D eigenvalue weighted by Gasteiger charge is 2.07. The molecule has 0 aromatic heterocycles.